The molecule has 0 aromatic carbocycles. The van der Waals surface area contributed by atoms with E-state index < -0.39 is 0 Å². The van der Waals surface area contributed by atoms with Crippen LogP contribution in [0.4, 0.5) is 5.95 Å². The monoisotopic (exact) mass is 210 g/mol. The van der Waals surface area contributed by atoms with Crippen molar-refractivity contribution in [3.63, 3.8) is 0 Å². The molecule has 1 aromatic rings. The number of anilines is 1. The van der Waals surface area contributed by atoms with E-state index in [0.717, 1.165) is 25.3 Å². The summed E-state index contributed by atoms with van der Waals surface area (Å²) >= 11 is 0. The van der Waals surface area contributed by atoms with E-state index in [1.165, 1.54) is 4.68 Å². The Bertz CT molecular complexity index is 349. The minimum atomic E-state index is -0.0284. The smallest absolute Gasteiger partial charge is 0.240 e. The summed E-state index contributed by atoms with van der Waals surface area (Å²) in [5.41, 5.74) is 5.58. The molecular weight excluding hydrogens is 192 g/mol. The van der Waals surface area contributed by atoms with Crippen LogP contribution >= 0.6 is 0 Å². The normalized spacial score (nSPS) is 26.3. The molecule has 1 unspecified atom stereocenters. The number of hydrogen-bond acceptors (Lipinski definition) is 5. The number of hydrogen-bond donors (Lipinski definition) is 3. The molecule has 0 spiro atoms. The van der Waals surface area contributed by atoms with E-state index in [2.05, 4.69) is 29.4 Å². The second kappa shape index (κ2) is 3.37. The Morgan fingerprint density at radius 1 is 1.47 bits per heavy atom. The van der Waals surface area contributed by atoms with Crippen LogP contribution < -0.4 is 16.9 Å². The first-order valence-corrected chi connectivity index (χ1v) is 5.25. The predicted octanol–water partition coefficient (Wildman–Crippen LogP) is -0.539. The van der Waals surface area contributed by atoms with Crippen LogP contribution in [0, 0.1) is 5.92 Å². The molecule has 1 atom stereocenters. The molecule has 1 aliphatic heterocycles. The van der Waals surface area contributed by atoms with Gasteiger partial charge in [-0.3, -0.25) is 0 Å². The first-order valence-electron chi connectivity index (χ1n) is 5.25. The molecule has 1 saturated heterocycles. The lowest BCUT2D eigenvalue weighted by Gasteiger charge is -2.30. The highest BCUT2D eigenvalue weighted by Gasteiger charge is 2.43. The van der Waals surface area contributed by atoms with Gasteiger partial charge in [-0.25, -0.2) is 4.68 Å². The summed E-state index contributed by atoms with van der Waals surface area (Å²) in [6.45, 7) is 6.24. The van der Waals surface area contributed by atoms with Crippen LogP contribution in [0.5, 0.6) is 0 Å². The molecular formula is C9H18N6. The molecule has 2 heterocycles. The largest absolute Gasteiger partial charge is 0.366 e. The Kier molecular flexibility index (Phi) is 2.30. The average Bonchev–Trinajstić information content (AvgIpc) is 2.77. The summed E-state index contributed by atoms with van der Waals surface area (Å²) < 4.78 is 1.41. The molecule has 6 nitrogen and oxygen atoms in total. The minimum Gasteiger partial charge on any atom is -0.366 e. The zero-order valence-corrected chi connectivity index (χ0v) is 9.20. The lowest BCUT2D eigenvalue weighted by Crippen LogP contribution is -2.39. The third-order valence-electron chi connectivity index (χ3n) is 3.46. The quantitative estimate of drug-likeness (QED) is 0.570. The van der Waals surface area contributed by atoms with Crippen molar-refractivity contribution < 1.29 is 0 Å². The second-order valence-corrected chi connectivity index (χ2v) is 4.49. The minimum absolute atomic E-state index is 0.0284. The Morgan fingerprint density at radius 3 is 2.60 bits per heavy atom. The highest BCUT2D eigenvalue weighted by molar-refractivity contribution is 5.24. The van der Waals surface area contributed by atoms with Gasteiger partial charge in [-0.15, -0.1) is 10.2 Å². The van der Waals surface area contributed by atoms with Gasteiger partial charge in [-0.05, 0) is 18.9 Å². The highest BCUT2D eigenvalue weighted by Crippen LogP contribution is 2.36. The number of nitrogens with one attached hydrogen (secondary N) is 1. The van der Waals surface area contributed by atoms with E-state index in [-0.39, 0.29) is 11.4 Å². The molecule has 0 aliphatic carbocycles. The molecule has 1 fully saturated rings. The van der Waals surface area contributed by atoms with Gasteiger partial charge in [0.2, 0.25) is 5.95 Å². The van der Waals surface area contributed by atoms with Gasteiger partial charge in [-0.2, -0.15) is 0 Å². The predicted molar refractivity (Wildman–Crippen MR) is 58.6 cm³/mol. The Balaban J connectivity index is 2.45. The first kappa shape index (κ1) is 10.2. The van der Waals surface area contributed by atoms with Crippen molar-refractivity contribution in [1.29, 1.82) is 0 Å². The lowest BCUT2D eigenvalue weighted by molar-refractivity contribution is 0.311. The third kappa shape index (κ3) is 1.36. The molecule has 15 heavy (non-hydrogen) atoms. The van der Waals surface area contributed by atoms with Crippen LogP contribution in [0.25, 0.3) is 0 Å². The summed E-state index contributed by atoms with van der Waals surface area (Å²) in [4.78, 5) is 0. The Morgan fingerprint density at radius 2 is 2.20 bits per heavy atom. The molecule has 1 aliphatic rings. The zero-order chi connectivity index (χ0) is 11.1. The van der Waals surface area contributed by atoms with Crippen molar-refractivity contribution in [2.24, 2.45) is 5.92 Å². The van der Waals surface area contributed by atoms with E-state index in [1.807, 2.05) is 0 Å². The van der Waals surface area contributed by atoms with Gasteiger partial charge in [0.1, 0.15) is 0 Å². The average molecular weight is 210 g/mol. The van der Waals surface area contributed by atoms with E-state index in [0.29, 0.717) is 5.92 Å². The van der Waals surface area contributed by atoms with Crippen LogP contribution in [0.1, 0.15) is 26.1 Å². The highest BCUT2D eigenvalue weighted by atomic mass is 15.5. The molecule has 2 rings (SSSR count). The maximum atomic E-state index is 5.84. The van der Waals surface area contributed by atoms with Crippen molar-refractivity contribution in [2.75, 3.05) is 24.7 Å². The van der Waals surface area contributed by atoms with Gasteiger partial charge in [-0.1, -0.05) is 13.8 Å². The van der Waals surface area contributed by atoms with Crippen LogP contribution in [0.3, 0.4) is 0 Å². The summed E-state index contributed by atoms with van der Waals surface area (Å²) in [5, 5.41) is 11.3. The molecule has 1 aromatic heterocycles. The van der Waals surface area contributed by atoms with Crippen LogP contribution in [-0.2, 0) is 5.41 Å². The van der Waals surface area contributed by atoms with Gasteiger partial charge in [0.15, 0.2) is 5.82 Å². The summed E-state index contributed by atoms with van der Waals surface area (Å²) in [6.07, 6.45) is 1.03. The number of nitrogen functional groups attached to an aromatic ring is 2. The van der Waals surface area contributed by atoms with Crippen LogP contribution in [0.15, 0.2) is 0 Å². The van der Waals surface area contributed by atoms with Crippen LogP contribution in [-0.4, -0.2) is 28.0 Å². The maximum Gasteiger partial charge on any atom is 0.240 e. The molecule has 0 bridgehead atoms. The molecule has 84 valence electrons. The second-order valence-electron chi connectivity index (χ2n) is 4.49. The van der Waals surface area contributed by atoms with Crippen molar-refractivity contribution in [3.05, 3.63) is 5.82 Å². The Hall–Kier alpha value is -1.30. The first-order chi connectivity index (χ1) is 7.08. The number of rotatable bonds is 2. The van der Waals surface area contributed by atoms with E-state index in [9.17, 15) is 0 Å². The van der Waals surface area contributed by atoms with Gasteiger partial charge in [0.05, 0.1) is 0 Å². The number of aromatic nitrogens is 3. The van der Waals surface area contributed by atoms with Crippen molar-refractivity contribution in [3.8, 4) is 0 Å². The molecule has 0 saturated carbocycles. The number of nitrogens with two attached hydrogens (primary N) is 2. The van der Waals surface area contributed by atoms with Gasteiger partial charge < -0.3 is 16.9 Å². The molecule has 5 N–H and O–H groups in total. The van der Waals surface area contributed by atoms with Crippen molar-refractivity contribution >= 4 is 5.95 Å². The zero-order valence-electron chi connectivity index (χ0n) is 9.20. The fourth-order valence-electron chi connectivity index (χ4n) is 2.30. The molecule has 0 radical (unpaired) electrons. The van der Waals surface area contributed by atoms with E-state index >= 15 is 0 Å². The maximum absolute atomic E-state index is 5.84. The summed E-state index contributed by atoms with van der Waals surface area (Å²) in [6, 6.07) is 0. The summed E-state index contributed by atoms with van der Waals surface area (Å²) in [7, 11) is 0. The lowest BCUT2D eigenvalue weighted by atomic mass is 9.76. The topological polar surface area (TPSA) is 94.8 Å². The standard InChI is InChI=1S/C9H18N6/c1-6(2)9(3-4-12-5-9)7-13-14-8(10)15(7)11/h6,12H,3-5,11H2,1-2H3,(H2,10,14). The van der Waals surface area contributed by atoms with Gasteiger partial charge in [0, 0.05) is 12.0 Å². The van der Waals surface area contributed by atoms with E-state index in [1.54, 1.807) is 0 Å². The van der Waals surface area contributed by atoms with Gasteiger partial charge >= 0.3 is 0 Å². The third-order valence-corrected chi connectivity index (χ3v) is 3.46. The van der Waals surface area contributed by atoms with E-state index in [4.69, 9.17) is 11.6 Å². The molecule has 6 heteroatoms. The summed E-state index contributed by atoms with van der Waals surface area (Å²) in [5.74, 6) is 7.37. The molecule has 0 amide bonds. The van der Waals surface area contributed by atoms with Gasteiger partial charge in [0.25, 0.3) is 0 Å². The van der Waals surface area contributed by atoms with Crippen molar-refractivity contribution in [1.82, 2.24) is 20.2 Å². The fraction of sp³-hybridized carbons (Fsp3) is 0.778. The van der Waals surface area contributed by atoms with Crippen LogP contribution in [0.2, 0.25) is 0 Å². The number of nitrogens with zero attached hydrogens (tertiary/aromatic N) is 3. The van der Waals surface area contributed by atoms with Crippen molar-refractivity contribution in [2.45, 2.75) is 25.7 Å². The SMILES string of the molecule is CC(C)C1(c2nnc(N)n2N)CCNC1. The Labute approximate surface area is 89.0 Å². The fourth-order valence-corrected chi connectivity index (χ4v) is 2.30.